The van der Waals surface area contributed by atoms with Crippen LogP contribution in [0.15, 0.2) is 48.8 Å². The lowest BCUT2D eigenvalue weighted by molar-refractivity contribution is -0.125. The summed E-state index contributed by atoms with van der Waals surface area (Å²) in [6.45, 7) is 3.51. The van der Waals surface area contributed by atoms with E-state index in [0.717, 1.165) is 11.1 Å². The summed E-state index contributed by atoms with van der Waals surface area (Å²) in [6.07, 6.45) is 3.30. The second-order valence-corrected chi connectivity index (χ2v) is 5.43. The number of hydrogen-bond donors (Lipinski definition) is 1. The summed E-state index contributed by atoms with van der Waals surface area (Å²) in [5.41, 5.74) is 1.20. The lowest BCUT2D eigenvalue weighted by Crippen LogP contribution is -2.29. The van der Waals surface area contributed by atoms with Crippen LogP contribution in [0.3, 0.4) is 0 Å². The van der Waals surface area contributed by atoms with E-state index in [2.05, 4.69) is 4.98 Å². The minimum atomic E-state index is -0.897. The first-order valence-electron chi connectivity index (χ1n) is 6.67. The van der Waals surface area contributed by atoms with Gasteiger partial charge in [-0.15, -0.1) is 0 Å². The number of ketones is 1. The first kappa shape index (κ1) is 13.4. The van der Waals surface area contributed by atoms with Crippen LogP contribution in [0.4, 0.5) is 0 Å². The summed E-state index contributed by atoms with van der Waals surface area (Å²) in [4.78, 5) is 16.6. The summed E-state index contributed by atoms with van der Waals surface area (Å²) < 4.78 is 5.88. The number of nitrogens with zero attached hydrogens (tertiary/aromatic N) is 1. The average molecular weight is 281 g/mol. The average Bonchev–Trinajstić information content (AvgIpc) is 2.71. The van der Waals surface area contributed by atoms with E-state index < -0.39 is 5.60 Å². The number of rotatable bonds is 2. The van der Waals surface area contributed by atoms with Gasteiger partial charge in [0.1, 0.15) is 11.5 Å². The summed E-state index contributed by atoms with van der Waals surface area (Å²) in [6, 6.07) is 10.2. The molecule has 4 nitrogen and oxygen atoms in total. The van der Waals surface area contributed by atoms with Gasteiger partial charge in [-0.25, -0.2) is 0 Å². The topological polar surface area (TPSA) is 59.4 Å². The molecule has 1 aromatic heterocycles. The molecule has 2 aromatic rings. The molecule has 0 radical (unpaired) electrons. The number of ether oxygens (including phenoxy) is 1. The number of aromatic nitrogens is 1. The Morgan fingerprint density at radius 1 is 1.00 bits per heavy atom. The smallest absolute Gasteiger partial charge is 0.210 e. The summed E-state index contributed by atoms with van der Waals surface area (Å²) >= 11 is 0. The van der Waals surface area contributed by atoms with E-state index in [1.807, 2.05) is 0 Å². The highest BCUT2D eigenvalue weighted by atomic mass is 16.5. The molecule has 0 bridgehead atoms. The fourth-order valence-corrected chi connectivity index (χ4v) is 2.35. The van der Waals surface area contributed by atoms with E-state index in [0.29, 0.717) is 11.3 Å². The lowest BCUT2D eigenvalue weighted by Gasteiger charge is -2.17. The Morgan fingerprint density at radius 2 is 1.62 bits per heavy atom. The fraction of sp³-hybridized carbons (Fsp3) is 0.176. The van der Waals surface area contributed by atoms with Crippen LogP contribution in [-0.2, 0) is 9.53 Å². The number of pyridine rings is 1. The number of Topliss-reactive ketones (excluding diaryl/α,β-unsaturated/α-hetero) is 1. The van der Waals surface area contributed by atoms with Crippen LogP contribution in [-0.4, -0.2) is 21.5 Å². The molecule has 3 rings (SSSR count). The maximum atomic E-state index is 12.6. The number of benzene rings is 1. The van der Waals surface area contributed by atoms with E-state index in [-0.39, 0.29) is 11.5 Å². The maximum absolute atomic E-state index is 12.6. The van der Waals surface area contributed by atoms with Gasteiger partial charge in [0, 0.05) is 18.0 Å². The van der Waals surface area contributed by atoms with Gasteiger partial charge < -0.3 is 9.84 Å². The third kappa shape index (κ3) is 2.29. The van der Waals surface area contributed by atoms with E-state index in [1.54, 1.807) is 62.6 Å². The Labute approximate surface area is 122 Å². The quantitative estimate of drug-likeness (QED) is 0.919. The zero-order valence-corrected chi connectivity index (χ0v) is 11.8. The summed E-state index contributed by atoms with van der Waals surface area (Å²) in [7, 11) is 0. The van der Waals surface area contributed by atoms with Crippen LogP contribution >= 0.6 is 0 Å². The Balaban J connectivity index is 2.19. The van der Waals surface area contributed by atoms with Crippen LogP contribution in [0.5, 0.6) is 5.75 Å². The van der Waals surface area contributed by atoms with Crippen LogP contribution < -0.4 is 0 Å². The third-order valence-corrected chi connectivity index (χ3v) is 3.46. The zero-order valence-electron chi connectivity index (χ0n) is 11.8. The molecular weight excluding hydrogens is 266 g/mol. The molecule has 0 amide bonds. The maximum Gasteiger partial charge on any atom is 0.210 e. The Kier molecular flexibility index (Phi) is 3.01. The molecule has 0 fully saturated rings. The van der Waals surface area contributed by atoms with E-state index in [1.165, 1.54) is 0 Å². The van der Waals surface area contributed by atoms with E-state index in [4.69, 9.17) is 4.74 Å². The number of aromatic hydroxyl groups is 1. The number of carbonyl (C=O) groups is 1. The largest absolute Gasteiger partial charge is 0.508 e. The predicted octanol–water partition coefficient (Wildman–Crippen LogP) is 3.03. The monoisotopic (exact) mass is 281 g/mol. The van der Waals surface area contributed by atoms with Gasteiger partial charge in [-0.3, -0.25) is 9.78 Å². The fourth-order valence-electron chi connectivity index (χ4n) is 2.35. The second kappa shape index (κ2) is 4.74. The zero-order chi connectivity index (χ0) is 15.0. The van der Waals surface area contributed by atoms with Gasteiger partial charge in [0.25, 0.3) is 0 Å². The van der Waals surface area contributed by atoms with Crippen molar-refractivity contribution in [1.29, 1.82) is 0 Å². The predicted molar refractivity (Wildman–Crippen MR) is 79.3 cm³/mol. The Bertz CT molecular complexity index is 715. The molecule has 0 saturated heterocycles. The van der Waals surface area contributed by atoms with Gasteiger partial charge in [0.05, 0.1) is 5.57 Å². The molecule has 1 aromatic carbocycles. The molecule has 0 aliphatic carbocycles. The first-order valence-corrected chi connectivity index (χ1v) is 6.67. The van der Waals surface area contributed by atoms with Gasteiger partial charge in [0.2, 0.25) is 5.78 Å². The normalized spacial score (nSPS) is 17.0. The molecule has 1 N–H and O–H groups in total. The minimum Gasteiger partial charge on any atom is -0.508 e. The Morgan fingerprint density at radius 3 is 2.24 bits per heavy atom. The molecule has 0 atom stereocenters. The molecule has 4 heteroatoms. The first-order chi connectivity index (χ1) is 9.99. The van der Waals surface area contributed by atoms with Crippen molar-refractivity contribution in [2.75, 3.05) is 0 Å². The standard InChI is InChI=1S/C17H15NO3/c1-17(2)16(20)14(11-7-9-18-10-8-11)15(21-17)12-3-5-13(19)6-4-12/h3-10,19H,1-2H3. The van der Waals surface area contributed by atoms with Crippen molar-refractivity contribution in [1.82, 2.24) is 4.98 Å². The van der Waals surface area contributed by atoms with Crippen molar-refractivity contribution in [3.63, 3.8) is 0 Å². The van der Waals surface area contributed by atoms with Crippen molar-refractivity contribution >= 4 is 17.1 Å². The molecule has 0 spiro atoms. The number of phenols is 1. The summed E-state index contributed by atoms with van der Waals surface area (Å²) in [5, 5.41) is 9.40. The SMILES string of the molecule is CC1(C)OC(c2ccc(O)cc2)=C(c2ccncc2)C1=O. The van der Waals surface area contributed by atoms with Gasteiger partial charge in [-0.05, 0) is 55.8 Å². The van der Waals surface area contributed by atoms with Crippen molar-refractivity contribution < 1.29 is 14.6 Å². The van der Waals surface area contributed by atoms with E-state index in [9.17, 15) is 9.90 Å². The third-order valence-electron chi connectivity index (χ3n) is 3.46. The Hall–Kier alpha value is -2.62. The van der Waals surface area contributed by atoms with E-state index >= 15 is 0 Å². The molecular formula is C17H15NO3. The molecule has 0 unspecified atom stereocenters. The number of phenolic OH excluding ortho intramolecular Hbond substituents is 1. The highest BCUT2D eigenvalue weighted by Crippen LogP contribution is 2.41. The van der Waals surface area contributed by atoms with Gasteiger partial charge >= 0.3 is 0 Å². The lowest BCUT2D eigenvalue weighted by atomic mass is 9.93. The highest BCUT2D eigenvalue weighted by molar-refractivity contribution is 6.32. The molecule has 0 saturated carbocycles. The highest BCUT2D eigenvalue weighted by Gasteiger charge is 2.42. The van der Waals surface area contributed by atoms with Gasteiger partial charge in [-0.2, -0.15) is 0 Å². The van der Waals surface area contributed by atoms with Crippen molar-refractivity contribution in [3.05, 3.63) is 59.9 Å². The van der Waals surface area contributed by atoms with Crippen molar-refractivity contribution in [2.45, 2.75) is 19.4 Å². The molecule has 21 heavy (non-hydrogen) atoms. The van der Waals surface area contributed by atoms with Crippen LogP contribution in [0.25, 0.3) is 11.3 Å². The van der Waals surface area contributed by atoms with Crippen molar-refractivity contribution in [2.24, 2.45) is 0 Å². The second-order valence-electron chi connectivity index (χ2n) is 5.43. The summed E-state index contributed by atoms with van der Waals surface area (Å²) in [5.74, 6) is 0.654. The molecule has 1 aliphatic rings. The molecule has 1 aliphatic heterocycles. The van der Waals surface area contributed by atoms with Crippen LogP contribution in [0.2, 0.25) is 0 Å². The van der Waals surface area contributed by atoms with Crippen molar-refractivity contribution in [3.8, 4) is 5.75 Å². The van der Waals surface area contributed by atoms with Crippen LogP contribution in [0.1, 0.15) is 25.0 Å². The van der Waals surface area contributed by atoms with Crippen LogP contribution in [0, 0.1) is 0 Å². The minimum absolute atomic E-state index is 0.0585. The molecule has 2 heterocycles. The van der Waals surface area contributed by atoms with Gasteiger partial charge in [-0.1, -0.05) is 0 Å². The number of carbonyl (C=O) groups excluding carboxylic acids is 1. The number of hydrogen-bond acceptors (Lipinski definition) is 4. The van der Waals surface area contributed by atoms with Gasteiger partial charge in [0.15, 0.2) is 5.60 Å². The molecule has 106 valence electrons.